The molecular weight excluding hydrogens is 442 g/mol. The number of sulfonamides is 1. The summed E-state index contributed by atoms with van der Waals surface area (Å²) >= 11 is 6.22. The average Bonchev–Trinajstić information content (AvgIpc) is 3.05. The van der Waals surface area contributed by atoms with Crippen LogP contribution in [0.1, 0.15) is 55.8 Å². The van der Waals surface area contributed by atoms with Crippen molar-refractivity contribution < 1.29 is 22.7 Å². The Labute approximate surface area is 188 Å². The summed E-state index contributed by atoms with van der Waals surface area (Å²) in [6.45, 7) is 4.02. The second kappa shape index (κ2) is 10.7. The summed E-state index contributed by atoms with van der Waals surface area (Å²) in [6.07, 6.45) is 4.54. The Morgan fingerprint density at radius 1 is 1.10 bits per heavy atom. The molecule has 2 aliphatic rings. The minimum atomic E-state index is -3.76. The Kier molecular flexibility index (Phi) is 8.18. The fourth-order valence-corrected chi connectivity index (χ4v) is 5.97. The largest absolute Gasteiger partial charge is 0.450 e. The number of hydrogen-bond donors (Lipinski definition) is 1. The molecule has 10 heteroatoms. The van der Waals surface area contributed by atoms with E-state index in [2.05, 4.69) is 5.32 Å². The van der Waals surface area contributed by atoms with Crippen LogP contribution in [-0.2, 0) is 14.8 Å². The molecule has 8 nitrogen and oxygen atoms in total. The van der Waals surface area contributed by atoms with Crippen molar-refractivity contribution in [2.45, 2.75) is 56.4 Å². The van der Waals surface area contributed by atoms with Crippen LogP contribution < -0.4 is 5.32 Å². The van der Waals surface area contributed by atoms with Crippen LogP contribution in [0.5, 0.6) is 0 Å². The Morgan fingerprint density at radius 2 is 1.74 bits per heavy atom. The first-order chi connectivity index (χ1) is 14.8. The maximum Gasteiger partial charge on any atom is 0.409 e. The van der Waals surface area contributed by atoms with E-state index in [4.69, 9.17) is 16.3 Å². The number of hydrogen-bond acceptors (Lipinski definition) is 5. The van der Waals surface area contributed by atoms with Crippen LogP contribution in [-0.4, -0.2) is 68.5 Å². The predicted molar refractivity (Wildman–Crippen MR) is 118 cm³/mol. The van der Waals surface area contributed by atoms with Gasteiger partial charge in [-0.2, -0.15) is 4.31 Å². The number of ether oxygens (including phenoxy) is 1. The van der Waals surface area contributed by atoms with Gasteiger partial charge in [0.2, 0.25) is 10.0 Å². The molecule has 2 aliphatic heterocycles. The molecule has 0 unspecified atom stereocenters. The number of carbonyl (C=O) groups is 2. The zero-order valence-electron chi connectivity index (χ0n) is 17.8. The number of nitrogens with zero attached hydrogens (tertiary/aromatic N) is 2. The molecule has 0 atom stereocenters. The average molecular weight is 472 g/mol. The van der Waals surface area contributed by atoms with E-state index in [0.29, 0.717) is 45.6 Å². The van der Waals surface area contributed by atoms with Crippen LogP contribution in [0.4, 0.5) is 4.79 Å². The van der Waals surface area contributed by atoms with Crippen LogP contribution in [0.3, 0.4) is 0 Å². The van der Waals surface area contributed by atoms with E-state index < -0.39 is 10.0 Å². The van der Waals surface area contributed by atoms with Crippen LogP contribution in [0, 0.1) is 0 Å². The fourth-order valence-electron chi connectivity index (χ4n) is 3.95. The van der Waals surface area contributed by atoms with Crippen LogP contribution in [0.25, 0.3) is 0 Å². The standard InChI is InChI=1S/C21H30ClN3O5S/c1-2-30-21(27)24-13-9-17(10-14-24)23-20(26)16-7-8-18(22)19(15-16)31(28,29)25-11-5-3-4-6-12-25/h7-8,15,17H,2-6,9-14H2,1H3,(H,23,26). The summed E-state index contributed by atoms with van der Waals surface area (Å²) in [7, 11) is -3.76. The number of likely N-dealkylation sites (tertiary alicyclic amines) is 1. The normalized spacial score (nSPS) is 19.0. The zero-order valence-corrected chi connectivity index (χ0v) is 19.4. The monoisotopic (exact) mass is 471 g/mol. The lowest BCUT2D eigenvalue weighted by Crippen LogP contribution is -2.46. The first-order valence-corrected chi connectivity index (χ1v) is 12.7. The number of benzene rings is 1. The van der Waals surface area contributed by atoms with Crippen molar-refractivity contribution in [3.63, 3.8) is 0 Å². The molecule has 3 rings (SSSR count). The van der Waals surface area contributed by atoms with Gasteiger partial charge in [0.05, 0.1) is 11.6 Å². The molecule has 172 valence electrons. The van der Waals surface area contributed by atoms with Gasteiger partial charge in [0.15, 0.2) is 0 Å². The Bertz CT molecular complexity index is 892. The first-order valence-electron chi connectivity index (χ1n) is 10.8. The lowest BCUT2D eigenvalue weighted by Gasteiger charge is -2.31. The highest BCUT2D eigenvalue weighted by Gasteiger charge is 2.29. The molecule has 1 N–H and O–H groups in total. The molecule has 0 saturated carbocycles. The lowest BCUT2D eigenvalue weighted by atomic mass is 10.0. The summed E-state index contributed by atoms with van der Waals surface area (Å²) in [5.41, 5.74) is 0.255. The number of amides is 2. The number of rotatable bonds is 5. The highest BCUT2D eigenvalue weighted by molar-refractivity contribution is 7.89. The van der Waals surface area contributed by atoms with Crippen molar-refractivity contribution in [3.05, 3.63) is 28.8 Å². The molecule has 0 aliphatic carbocycles. The number of piperidine rings is 1. The molecule has 2 heterocycles. The van der Waals surface area contributed by atoms with E-state index in [0.717, 1.165) is 25.7 Å². The second-order valence-electron chi connectivity index (χ2n) is 7.90. The quantitative estimate of drug-likeness (QED) is 0.711. The van der Waals surface area contributed by atoms with Gasteiger partial charge in [-0.15, -0.1) is 0 Å². The molecule has 2 fully saturated rings. The first kappa shape index (κ1) is 23.8. The zero-order chi connectivity index (χ0) is 22.4. The van der Waals surface area contributed by atoms with Crippen LogP contribution in [0.2, 0.25) is 5.02 Å². The third kappa shape index (κ3) is 5.90. The summed E-state index contributed by atoms with van der Waals surface area (Å²) in [6, 6.07) is 4.27. The van der Waals surface area contributed by atoms with E-state index in [1.54, 1.807) is 11.8 Å². The predicted octanol–water partition coefficient (Wildman–Crippen LogP) is 3.26. The van der Waals surface area contributed by atoms with Crippen molar-refractivity contribution in [1.82, 2.24) is 14.5 Å². The van der Waals surface area contributed by atoms with Gasteiger partial charge in [-0.25, -0.2) is 13.2 Å². The van der Waals surface area contributed by atoms with Crippen LogP contribution in [0.15, 0.2) is 23.1 Å². The molecule has 2 saturated heterocycles. The van der Waals surface area contributed by atoms with Gasteiger partial charge in [-0.1, -0.05) is 24.4 Å². The highest BCUT2D eigenvalue weighted by Crippen LogP contribution is 2.28. The van der Waals surface area contributed by atoms with E-state index in [-0.39, 0.29) is 33.5 Å². The summed E-state index contributed by atoms with van der Waals surface area (Å²) < 4.78 is 32.8. The molecular formula is C21H30ClN3O5S. The van der Waals surface area contributed by atoms with E-state index >= 15 is 0 Å². The number of carbonyl (C=O) groups excluding carboxylic acids is 2. The molecule has 1 aromatic carbocycles. The highest BCUT2D eigenvalue weighted by atomic mass is 35.5. The van der Waals surface area contributed by atoms with Crippen molar-refractivity contribution in [2.24, 2.45) is 0 Å². The lowest BCUT2D eigenvalue weighted by molar-refractivity contribution is 0.0860. The third-order valence-corrected chi connectivity index (χ3v) is 8.11. The van der Waals surface area contributed by atoms with Gasteiger partial charge in [-0.05, 0) is 50.8 Å². The smallest absolute Gasteiger partial charge is 0.409 e. The Hall–Kier alpha value is -1.84. The van der Waals surface area contributed by atoms with Crippen molar-refractivity contribution >= 4 is 33.6 Å². The van der Waals surface area contributed by atoms with Gasteiger partial charge >= 0.3 is 6.09 Å². The molecule has 1 aromatic rings. The minimum absolute atomic E-state index is 0.0270. The summed E-state index contributed by atoms with van der Waals surface area (Å²) in [5, 5.41) is 3.06. The van der Waals surface area contributed by atoms with Gasteiger partial charge in [-0.3, -0.25) is 4.79 Å². The molecule has 31 heavy (non-hydrogen) atoms. The van der Waals surface area contributed by atoms with Crippen molar-refractivity contribution in [3.8, 4) is 0 Å². The maximum atomic E-state index is 13.1. The maximum absolute atomic E-state index is 13.1. The molecule has 0 spiro atoms. The molecule has 2 amide bonds. The van der Waals surface area contributed by atoms with Gasteiger partial charge in [0.1, 0.15) is 4.90 Å². The Balaban J connectivity index is 1.67. The van der Waals surface area contributed by atoms with Gasteiger partial charge in [0.25, 0.3) is 5.91 Å². The van der Waals surface area contributed by atoms with Crippen molar-refractivity contribution in [1.29, 1.82) is 0 Å². The molecule has 0 bridgehead atoms. The number of nitrogens with one attached hydrogen (secondary N) is 1. The summed E-state index contributed by atoms with van der Waals surface area (Å²) in [5.74, 6) is -0.349. The Morgan fingerprint density at radius 3 is 2.35 bits per heavy atom. The molecule has 0 aromatic heterocycles. The summed E-state index contributed by atoms with van der Waals surface area (Å²) in [4.78, 5) is 26.2. The topological polar surface area (TPSA) is 96.0 Å². The number of halogens is 1. The van der Waals surface area contributed by atoms with Crippen molar-refractivity contribution in [2.75, 3.05) is 32.8 Å². The fraction of sp³-hybridized carbons (Fsp3) is 0.619. The minimum Gasteiger partial charge on any atom is -0.450 e. The van der Waals surface area contributed by atoms with Gasteiger partial charge in [0, 0.05) is 37.8 Å². The van der Waals surface area contributed by atoms with E-state index in [1.807, 2.05) is 0 Å². The molecule has 0 radical (unpaired) electrons. The SMILES string of the molecule is CCOC(=O)N1CCC(NC(=O)c2ccc(Cl)c(S(=O)(=O)N3CCCCCC3)c2)CC1. The van der Waals surface area contributed by atoms with Gasteiger partial charge < -0.3 is 15.0 Å². The third-order valence-electron chi connectivity index (χ3n) is 5.73. The second-order valence-corrected chi connectivity index (χ2v) is 10.2. The van der Waals surface area contributed by atoms with E-state index in [9.17, 15) is 18.0 Å². The van der Waals surface area contributed by atoms with E-state index in [1.165, 1.54) is 22.5 Å². The van der Waals surface area contributed by atoms with Crippen LogP contribution >= 0.6 is 11.6 Å².